The quantitative estimate of drug-likeness (QED) is 0.758. The molecule has 0 aliphatic carbocycles. The molecule has 2 aliphatic heterocycles. The van der Waals surface area contributed by atoms with Crippen molar-refractivity contribution in [3.05, 3.63) is 0 Å². The van der Waals surface area contributed by atoms with Gasteiger partial charge >= 0.3 is 0 Å². The van der Waals surface area contributed by atoms with Crippen molar-refractivity contribution >= 4 is 0 Å². The van der Waals surface area contributed by atoms with Gasteiger partial charge in [0.15, 0.2) is 0 Å². The molecular formula is C12H24N2O. The molecular weight excluding hydrogens is 188 g/mol. The summed E-state index contributed by atoms with van der Waals surface area (Å²) in [5.41, 5.74) is 6.04. The van der Waals surface area contributed by atoms with Gasteiger partial charge in [0, 0.05) is 12.0 Å². The fourth-order valence-electron chi connectivity index (χ4n) is 2.75. The van der Waals surface area contributed by atoms with Crippen LogP contribution in [-0.4, -0.2) is 44.3 Å². The van der Waals surface area contributed by atoms with Gasteiger partial charge in [-0.3, -0.25) is 0 Å². The Balaban J connectivity index is 1.69. The van der Waals surface area contributed by atoms with E-state index >= 15 is 0 Å². The van der Waals surface area contributed by atoms with Crippen LogP contribution in [0.15, 0.2) is 0 Å². The Labute approximate surface area is 93.0 Å². The molecule has 3 nitrogen and oxygen atoms in total. The molecule has 0 atom stereocenters. The van der Waals surface area contributed by atoms with Crippen LogP contribution in [0.5, 0.6) is 0 Å². The predicted octanol–water partition coefficient (Wildman–Crippen LogP) is 1.08. The third kappa shape index (κ3) is 2.92. The van der Waals surface area contributed by atoms with Gasteiger partial charge in [0.25, 0.3) is 0 Å². The molecule has 0 radical (unpaired) electrons. The van der Waals surface area contributed by atoms with Crippen LogP contribution in [-0.2, 0) is 4.74 Å². The summed E-state index contributed by atoms with van der Waals surface area (Å²) in [4.78, 5) is 2.61. The lowest BCUT2D eigenvalue weighted by Crippen LogP contribution is -2.50. The van der Waals surface area contributed by atoms with Crippen LogP contribution in [0.3, 0.4) is 0 Å². The first-order chi connectivity index (χ1) is 7.22. The SMILES string of the molecule is CC1(CN2CCC(CCN)CC2)COC1. The number of ether oxygens (including phenoxy) is 1. The lowest BCUT2D eigenvalue weighted by molar-refractivity contribution is -0.117. The zero-order chi connectivity index (χ0) is 10.7. The molecule has 0 aromatic heterocycles. The molecule has 0 unspecified atom stereocenters. The number of nitrogens with zero attached hydrogens (tertiary/aromatic N) is 1. The van der Waals surface area contributed by atoms with Gasteiger partial charge in [0.1, 0.15) is 0 Å². The Bertz CT molecular complexity index is 196. The van der Waals surface area contributed by atoms with Crippen LogP contribution >= 0.6 is 0 Å². The average Bonchev–Trinajstić information content (AvgIpc) is 2.19. The van der Waals surface area contributed by atoms with E-state index in [1.54, 1.807) is 0 Å². The lowest BCUT2D eigenvalue weighted by atomic mass is 9.86. The maximum atomic E-state index is 5.60. The van der Waals surface area contributed by atoms with Gasteiger partial charge in [-0.15, -0.1) is 0 Å². The first-order valence-corrected chi connectivity index (χ1v) is 6.22. The molecule has 2 saturated heterocycles. The minimum absolute atomic E-state index is 0.445. The van der Waals surface area contributed by atoms with Crippen molar-refractivity contribution in [3.8, 4) is 0 Å². The zero-order valence-electron chi connectivity index (χ0n) is 9.87. The molecule has 2 aliphatic rings. The summed E-state index contributed by atoms with van der Waals surface area (Å²) in [5.74, 6) is 0.886. The van der Waals surface area contributed by atoms with E-state index in [2.05, 4.69) is 11.8 Å². The lowest BCUT2D eigenvalue weighted by Gasteiger charge is -2.43. The molecule has 0 aromatic rings. The Morgan fingerprint density at radius 1 is 1.33 bits per heavy atom. The maximum Gasteiger partial charge on any atom is 0.0554 e. The fourth-order valence-corrected chi connectivity index (χ4v) is 2.75. The van der Waals surface area contributed by atoms with Crippen molar-refractivity contribution in [1.29, 1.82) is 0 Å². The highest BCUT2D eigenvalue weighted by molar-refractivity contribution is 4.85. The molecule has 0 saturated carbocycles. The second kappa shape index (κ2) is 4.81. The molecule has 0 amide bonds. The summed E-state index contributed by atoms with van der Waals surface area (Å²) in [7, 11) is 0. The number of hydrogen-bond donors (Lipinski definition) is 1. The predicted molar refractivity (Wildman–Crippen MR) is 61.8 cm³/mol. The highest BCUT2D eigenvalue weighted by Crippen LogP contribution is 2.29. The molecule has 3 heteroatoms. The zero-order valence-corrected chi connectivity index (χ0v) is 9.87. The maximum absolute atomic E-state index is 5.60. The van der Waals surface area contributed by atoms with Crippen LogP contribution in [0.4, 0.5) is 0 Å². The summed E-state index contributed by atoms with van der Waals surface area (Å²) < 4.78 is 5.30. The van der Waals surface area contributed by atoms with Crippen molar-refractivity contribution in [3.63, 3.8) is 0 Å². The number of nitrogens with two attached hydrogens (primary N) is 1. The average molecular weight is 212 g/mol. The van der Waals surface area contributed by atoms with Crippen molar-refractivity contribution in [2.24, 2.45) is 17.1 Å². The van der Waals surface area contributed by atoms with Crippen molar-refractivity contribution in [2.75, 3.05) is 39.4 Å². The third-order valence-corrected chi connectivity index (χ3v) is 3.79. The van der Waals surface area contributed by atoms with E-state index in [1.807, 2.05) is 0 Å². The van der Waals surface area contributed by atoms with Crippen LogP contribution in [0.2, 0.25) is 0 Å². The molecule has 0 bridgehead atoms. The van der Waals surface area contributed by atoms with E-state index < -0.39 is 0 Å². The van der Waals surface area contributed by atoms with Crippen LogP contribution < -0.4 is 5.73 Å². The van der Waals surface area contributed by atoms with E-state index in [0.717, 1.165) is 25.7 Å². The monoisotopic (exact) mass is 212 g/mol. The van der Waals surface area contributed by atoms with E-state index in [4.69, 9.17) is 10.5 Å². The summed E-state index contributed by atoms with van der Waals surface area (Å²) >= 11 is 0. The van der Waals surface area contributed by atoms with Gasteiger partial charge in [-0.2, -0.15) is 0 Å². The number of likely N-dealkylation sites (tertiary alicyclic amines) is 1. The topological polar surface area (TPSA) is 38.5 Å². The van der Waals surface area contributed by atoms with Gasteiger partial charge < -0.3 is 15.4 Å². The second-order valence-electron chi connectivity index (χ2n) is 5.60. The fraction of sp³-hybridized carbons (Fsp3) is 1.00. The van der Waals surface area contributed by atoms with Gasteiger partial charge in [0.05, 0.1) is 13.2 Å². The number of piperidine rings is 1. The highest BCUT2D eigenvalue weighted by Gasteiger charge is 2.35. The molecule has 2 heterocycles. The first-order valence-electron chi connectivity index (χ1n) is 6.22. The van der Waals surface area contributed by atoms with E-state index in [9.17, 15) is 0 Å². The van der Waals surface area contributed by atoms with Crippen LogP contribution in [0.25, 0.3) is 0 Å². The van der Waals surface area contributed by atoms with Crippen molar-refractivity contribution in [2.45, 2.75) is 26.2 Å². The van der Waals surface area contributed by atoms with Gasteiger partial charge in [-0.1, -0.05) is 6.92 Å². The number of rotatable bonds is 4. The molecule has 88 valence electrons. The van der Waals surface area contributed by atoms with Gasteiger partial charge in [-0.25, -0.2) is 0 Å². The minimum atomic E-state index is 0.445. The second-order valence-corrected chi connectivity index (χ2v) is 5.60. The standard InChI is InChI=1S/C12H24N2O/c1-12(9-15-10-12)8-14-6-3-11(2-5-13)4-7-14/h11H,2-10,13H2,1H3. The first kappa shape index (κ1) is 11.4. The van der Waals surface area contributed by atoms with Crippen molar-refractivity contribution in [1.82, 2.24) is 4.90 Å². The normalized spacial score (nSPS) is 27.6. The molecule has 2 N–H and O–H groups in total. The Morgan fingerprint density at radius 2 is 2.00 bits per heavy atom. The summed E-state index contributed by atoms with van der Waals surface area (Å²) in [6.45, 7) is 8.85. The van der Waals surface area contributed by atoms with E-state index in [0.29, 0.717) is 5.41 Å². The molecule has 0 spiro atoms. The van der Waals surface area contributed by atoms with Gasteiger partial charge in [0.2, 0.25) is 0 Å². The van der Waals surface area contributed by atoms with Crippen LogP contribution in [0, 0.1) is 11.3 Å². The number of hydrogen-bond acceptors (Lipinski definition) is 3. The Hall–Kier alpha value is -0.120. The van der Waals surface area contributed by atoms with E-state index in [1.165, 1.54) is 38.9 Å². The molecule has 2 fully saturated rings. The minimum Gasteiger partial charge on any atom is -0.380 e. The highest BCUT2D eigenvalue weighted by atomic mass is 16.5. The van der Waals surface area contributed by atoms with E-state index in [-0.39, 0.29) is 0 Å². The smallest absolute Gasteiger partial charge is 0.0554 e. The Kier molecular flexibility index (Phi) is 3.65. The largest absolute Gasteiger partial charge is 0.380 e. The third-order valence-electron chi connectivity index (χ3n) is 3.79. The molecule has 15 heavy (non-hydrogen) atoms. The van der Waals surface area contributed by atoms with Crippen LogP contribution in [0.1, 0.15) is 26.2 Å². The summed E-state index contributed by atoms with van der Waals surface area (Å²) in [5, 5.41) is 0. The summed E-state index contributed by atoms with van der Waals surface area (Å²) in [6, 6.07) is 0. The van der Waals surface area contributed by atoms with Crippen molar-refractivity contribution < 1.29 is 4.74 Å². The van der Waals surface area contributed by atoms with Gasteiger partial charge in [-0.05, 0) is 44.8 Å². The molecule has 2 rings (SSSR count). The molecule has 0 aromatic carbocycles. The Morgan fingerprint density at radius 3 is 2.47 bits per heavy atom. The summed E-state index contributed by atoms with van der Waals surface area (Å²) in [6.07, 6.45) is 3.90.